The molecule has 12 aromatic rings. The van der Waals surface area contributed by atoms with Crippen LogP contribution < -0.4 is 4.90 Å². The second kappa shape index (κ2) is 16.0. The molecule has 13 rings (SSSR count). The van der Waals surface area contributed by atoms with Crippen molar-refractivity contribution in [1.82, 2.24) is 0 Å². The molecule has 0 saturated carbocycles. The van der Waals surface area contributed by atoms with E-state index in [1.54, 1.807) is 0 Å². The van der Waals surface area contributed by atoms with Crippen molar-refractivity contribution in [3.8, 4) is 44.5 Å². The molecule has 67 heavy (non-hydrogen) atoms. The van der Waals surface area contributed by atoms with Crippen molar-refractivity contribution in [3.05, 3.63) is 283 Å². The van der Waals surface area contributed by atoms with Crippen LogP contribution in [-0.4, -0.2) is 0 Å². The summed E-state index contributed by atoms with van der Waals surface area (Å²) < 4.78 is 2.61. The third-order valence-corrected chi connectivity index (χ3v) is 15.1. The SMILES string of the molecule is c1ccc(C2(c3ccccc3)c3ccccc3-c3ccc(-c4ccc(N(c5ccc(-c6cccc7ccccc67)cc5)c5ccccc5-c5ccc6c(c5)sc5ccccc56)cc4)cc32)cc1. The summed E-state index contributed by atoms with van der Waals surface area (Å²) in [6, 6.07) is 96.3. The summed E-state index contributed by atoms with van der Waals surface area (Å²) in [4.78, 5) is 2.43. The van der Waals surface area contributed by atoms with Gasteiger partial charge in [-0.2, -0.15) is 0 Å². The number of benzene rings is 11. The molecule has 0 spiro atoms. The molecule has 0 fully saturated rings. The van der Waals surface area contributed by atoms with Crippen molar-refractivity contribution in [2.45, 2.75) is 5.41 Å². The molecule has 0 unspecified atom stereocenters. The van der Waals surface area contributed by atoms with Crippen LogP contribution in [0.1, 0.15) is 22.3 Å². The number of anilines is 3. The van der Waals surface area contributed by atoms with Crippen molar-refractivity contribution in [2.24, 2.45) is 0 Å². The zero-order valence-corrected chi connectivity index (χ0v) is 37.5. The first-order valence-electron chi connectivity index (χ1n) is 23.1. The summed E-state index contributed by atoms with van der Waals surface area (Å²) in [5.74, 6) is 0. The van der Waals surface area contributed by atoms with Gasteiger partial charge in [0.25, 0.3) is 0 Å². The van der Waals surface area contributed by atoms with Crippen LogP contribution in [0.3, 0.4) is 0 Å². The van der Waals surface area contributed by atoms with Crippen LogP contribution in [0.2, 0.25) is 0 Å². The van der Waals surface area contributed by atoms with E-state index in [0.717, 1.165) is 17.1 Å². The third kappa shape index (κ3) is 6.37. The molecular weight excluding hydrogens is 827 g/mol. The molecule has 314 valence electrons. The van der Waals surface area contributed by atoms with Crippen molar-refractivity contribution < 1.29 is 0 Å². The Morgan fingerprint density at radius 3 is 1.60 bits per heavy atom. The molecule has 11 aromatic carbocycles. The lowest BCUT2D eigenvalue weighted by Crippen LogP contribution is -2.28. The van der Waals surface area contributed by atoms with Crippen molar-refractivity contribution in [1.29, 1.82) is 0 Å². The molecule has 0 N–H and O–H groups in total. The van der Waals surface area contributed by atoms with Crippen LogP contribution in [-0.2, 0) is 5.41 Å². The Hall–Kier alpha value is -8.30. The van der Waals surface area contributed by atoms with Gasteiger partial charge in [-0.05, 0) is 121 Å². The summed E-state index contributed by atoms with van der Waals surface area (Å²) in [6.45, 7) is 0. The summed E-state index contributed by atoms with van der Waals surface area (Å²) in [7, 11) is 0. The lowest BCUT2D eigenvalue weighted by Gasteiger charge is -2.34. The number of para-hydroxylation sites is 1. The Labute approximate surface area is 395 Å². The van der Waals surface area contributed by atoms with Crippen LogP contribution in [0.4, 0.5) is 17.1 Å². The maximum atomic E-state index is 2.45. The van der Waals surface area contributed by atoms with Gasteiger partial charge in [0.05, 0.1) is 11.1 Å². The minimum Gasteiger partial charge on any atom is -0.310 e. The van der Waals surface area contributed by atoms with E-state index in [1.165, 1.54) is 97.7 Å². The average Bonchev–Trinajstić information content (AvgIpc) is 3.93. The van der Waals surface area contributed by atoms with Gasteiger partial charge >= 0.3 is 0 Å². The van der Waals surface area contributed by atoms with E-state index in [-0.39, 0.29) is 0 Å². The van der Waals surface area contributed by atoms with Crippen molar-refractivity contribution in [3.63, 3.8) is 0 Å². The standard InChI is InChI=1S/C65H43NS/c1-3-18-49(19-4-1)65(50-20-5-2-6-21-50)60-27-12-9-24-56(60)57-40-34-47(42-61(57)65)44-30-36-51(37-31-44)66(52-38-32-46(33-39-52)54-26-15-17-45-16-7-8-22-53(45)54)62-28-13-10-23-55(62)48-35-41-59-58-25-11-14-29-63(58)67-64(59)43-48/h1-43H. The van der Waals surface area contributed by atoms with E-state index in [4.69, 9.17) is 0 Å². The largest absolute Gasteiger partial charge is 0.310 e. The predicted molar refractivity (Wildman–Crippen MR) is 285 cm³/mol. The first-order chi connectivity index (χ1) is 33.2. The quantitative estimate of drug-likeness (QED) is 0.147. The number of thiophene rings is 1. The highest BCUT2D eigenvalue weighted by molar-refractivity contribution is 7.25. The Bertz CT molecular complexity index is 3750. The fraction of sp³-hybridized carbons (Fsp3) is 0.0154. The number of fused-ring (bicyclic) bond motifs is 7. The van der Waals surface area contributed by atoms with E-state index in [0.29, 0.717) is 0 Å². The third-order valence-electron chi connectivity index (χ3n) is 14.0. The summed E-state index contributed by atoms with van der Waals surface area (Å²) in [5.41, 5.74) is 17.8. The molecule has 1 heterocycles. The summed E-state index contributed by atoms with van der Waals surface area (Å²) in [5, 5.41) is 5.12. The molecule has 0 saturated heterocycles. The van der Waals surface area contributed by atoms with Crippen LogP contribution >= 0.6 is 11.3 Å². The van der Waals surface area contributed by atoms with Gasteiger partial charge in [0.2, 0.25) is 0 Å². The van der Waals surface area contributed by atoms with Crippen molar-refractivity contribution >= 4 is 59.3 Å². The second-order valence-electron chi connectivity index (χ2n) is 17.6. The van der Waals surface area contributed by atoms with Gasteiger partial charge < -0.3 is 4.90 Å². The summed E-state index contributed by atoms with van der Waals surface area (Å²) in [6.07, 6.45) is 0. The average molecular weight is 870 g/mol. The minimum atomic E-state index is -0.456. The Balaban J connectivity index is 0.946. The summed E-state index contributed by atoms with van der Waals surface area (Å²) >= 11 is 1.86. The number of nitrogens with zero attached hydrogens (tertiary/aromatic N) is 1. The fourth-order valence-electron chi connectivity index (χ4n) is 10.9. The maximum Gasteiger partial charge on any atom is 0.0713 e. The predicted octanol–water partition coefficient (Wildman–Crippen LogP) is 18.0. The Morgan fingerprint density at radius 1 is 0.299 bits per heavy atom. The Morgan fingerprint density at radius 2 is 0.836 bits per heavy atom. The highest BCUT2D eigenvalue weighted by atomic mass is 32.1. The smallest absolute Gasteiger partial charge is 0.0713 e. The second-order valence-corrected chi connectivity index (χ2v) is 18.7. The first kappa shape index (κ1) is 39.1. The highest BCUT2D eigenvalue weighted by Gasteiger charge is 2.46. The Kier molecular flexibility index (Phi) is 9.33. The molecular formula is C65H43NS. The topological polar surface area (TPSA) is 3.24 Å². The lowest BCUT2D eigenvalue weighted by molar-refractivity contribution is 0.769. The zero-order chi connectivity index (χ0) is 44.3. The van der Waals surface area contributed by atoms with Gasteiger partial charge in [0.15, 0.2) is 0 Å². The molecule has 1 nitrogen and oxygen atoms in total. The van der Waals surface area contributed by atoms with E-state index in [9.17, 15) is 0 Å². The highest BCUT2D eigenvalue weighted by Crippen LogP contribution is 2.57. The van der Waals surface area contributed by atoms with Crippen LogP contribution in [0.15, 0.2) is 261 Å². The molecule has 0 aliphatic heterocycles. The first-order valence-corrected chi connectivity index (χ1v) is 23.9. The fourth-order valence-corrected chi connectivity index (χ4v) is 12.1. The number of hydrogen-bond donors (Lipinski definition) is 0. The molecule has 0 atom stereocenters. The molecule has 0 bridgehead atoms. The van der Waals surface area contributed by atoms with Gasteiger partial charge in [0.1, 0.15) is 0 Å². The monoisotopic (exact) mass is 869 g/mol. The maximum absolute atomic E-state index is 2.45. The molecule has 1 aliphatic rings. The van der Waals surface area contributed by atoms with Gasteiger partial charge in [-0.25, -0.2) is 0 Å². The van der Waals surface area contributed by atoms with E-state index in [1.807, 2.05) is 11.3 Å². The molecule has 1 aliphatic carbocycles. The molecule has 2 heteroatoms. The normalized spacial score (nSPS) is 12.6. The van der Waals surface area contributed by atoms with Gasteiger partial charge in [-0.15, -0.1) is 11.3 Å². The van der Waals surface area contributed by atoms with E-state index in [2.05, 4.69) is 266 Å². The number of rotatable bonds is 8. The zero-order valence-electron chi connectivity index (χ0n) is 36.7. The van der Waals surface area contributed by atoms with Crippen LogP contribution in [0.5, 0.6) is 0 Å². The lowest BCUT2D eigenvalue weighted by atomic mass is 9.67. The number of hydrogen-bond acceptors (Lipinski definition) is 2. The molecule has 1 aromatic heterocycles. The molecule has 0 amide bonds. The van der Waals surface area contributed by atoms with E-state index >= 15 is 0 Å². The van der Waals surface area contributed by atoms with Gasteiger partial charge in [-0.3, -0.25) is 0 Å². The van der Waals surface area contributed by atoms with Gasteiger partial charge in [-0.1, -0.05) is 212 Å². The minimum absolute atomic E-state index is 0.456. The molecule has 0 radical (unpaired) electrons. The van der Waals surface area contributed by atoms with Gasteiger partial charge in [0, 0.05) is 37.1 Å². The van der Waals surface area contributed by atoms with Crippen LogP contribution in [0, 0.1) is 0 Å². The van der Waals surface area contributed by atoms with Crippen molar-refractivity contribution in [2.75, 3.05) is 4.90 Å². The van der Waals surface area contributed by atoms with E-state index < -0.39 is 5.41 Å². The van der Waals surface area contributed by atoms with Crippen LogP contribution in [0.25, 0.3) is 75.5 Å².